The maximum Gasteiger partial charge on any atom is 0.315 e. The number of anilines is 1. The Kier molecular flexibility index (Phi) is 3.66. The quantitative estimate of drug-likeness (QED) is 0.824. The van der Waals surface area contributed by atoms with Crippen molar-refractivity contribution >= 4 is 6.01 Å². The van der Waals surface area contributed by atoms with Crippen LogP contribution in [0.3, 0.4) is 0 Å². The predicted octanol–water partition coefficient (Wildman–Crippen LogP) is 2.31. The minimum atomic E-state index is 0.134. The highest BCUT2D eigenvalue weighted by molar-refractivity contribution is 5.24. The van der Waals surface area contributed by atoms with Crippen LogP contribution in [0, 0.1) is 0 Å². The second-order valence-corrected chi connectivity index (χ2v) is 5.43. The van der Waals surface area contributed by atoms with Gasteiger partial charge in [0.15, 0.2) is 0 Å². The van der Waals surface area contributed by atoms with Crippen LogP contribution in [0.25, 0.3) is 0 Å². The molecule has 96 valence electrons. The van der Waals surface area contributed by atoms with E-state index in [2.05, 4.69) is 41.6 Å². The first-order chi connectivity index (χ1) is 8.07. The van der Waals surface area contributed by atoms with Gasteiger partial charge in [-0.25, -0.2) is 0 Å². The van der Waals surface area contributed by atoms with Crippen molar-refractivity contribution in [2.24, 2.45) is 0 Å². The summed E-state index contributed by atoms with van der Waals surface area (Å²) >= 11 is 0. The summed E-state index contributed by atoms with van der Waals surface area (Å²) in [6.45, 7) is 7.03. The Morgan fingerprint density at radius 1 is 1.29 bits per heavy atom. The van der Waals surface area contributed by atoms with E-state index < -0.39 is 0 Å². The molecule has 0 unspecified atom stereocenters. The van der Waals surface area contributed by atoms with E-state index in [-0.39, 0.29) is 5.54 Å². The molecule has 1 aromatic heterocycles. The third-order valence-electron chi connectivity index (χ3n) is 3.24. The molecule has 0 bridgehead atoms. The molecule has 1 saturated carbocycles. The summed E-state index contributed by atoms with van der Waals surface area (Å²) in [6.07, 6.45) is 4.91. The highest BCUT2D eigenvalue weighted by Crippen LogP contribution is 2.32. The Balaban J connectivity index is 1.89. The summed E-state index contributed by atoms with van der Waals surface area (Å²) < 4.78 is 5.57. The highest BCUT2D eigenvalue weighted by Gasteiger charge is 2.29. The van der Waals surface area contributed by atoms with Gasteiger partial charge in [0, 0.05) is 11.6 Å². The summed E-state index contributed by atoms with van der Waals surface area (Å²) in [4.78, 5) is 0. The topological polar surface area (TPSA) is 63.0 Å². The monoisotopic (exact) mass is 238 g/mol. The lowest BCUT2D eigenvalue weighted by Gasteiger charge is -2.23. The second-order valence-electron chi connectivity index (χ2n) is 5.43. The predicted molar refractivity (Wildman–Crippen MR) is 66.8 cm³/mol. The van der Waals surface area contributed by atoms with E-state index in [9.17, 15) is 0 Å². The molecule has 2 N–H and O–H groups in total. The molecule has 0 atom stereocenters. The fraction of sp³-hybridized carbons (Fsp3) is 0.833. The Morgan fingerprint density at radius 2 is 2.00 bits per heavy atom. The summed E-state index contributed by atoms with van der Waals surface area (Å²) in [6, 6.07) is 0.973. The molecule has 0 aliphatic heterocycles. The van der Waals surface area contributed by atoms with Crippen LogP contribution in [-0.2, 0) is 6.54 Å². The molecule has 0 amide bonds. The van der Waals surface area contributed by atoms with Crippen LogP contribution in [0.2, 0.25) is 0 Å². The molecular weight excluding hydrogens is 216 g/mol. The fourth-order valence-corrected chi connectivity index (χ4v) is 2.21. The second kappa shape index (κ2) is 5.04. The Labute approximate surface area is 102 Å². The van der Waals surface area contributed by atoms with Crippen molar-refractivity contribution < 1.29 is 4.42 Å². The van der Waals surface area contributed by atoms with Crippen molar-refractivity contribution in [3.63, 3.8) is 0 Å². The lowest BCUT2D eigenvalue weighted by Crippen LogP contribution is -2.30. The molecule has 17 heavy (non-hydrogen) atoms. The molecule has 0 radical (unpaired) electrons. The Bertz CT molecular complexity index is 355. The van der Waals surface area contributed by atoms with Gasteiger partial charge in [-0.2, -0.15) is 0 Å². The molecule has 5 nitrogen and oxygen atoms in total. The molecule has 2 rings (SSSR count). The van der Waals surface area contributed by atoms with Gasteiger partial charge in [0.2, 0.25) is 5.89 Å². The first-order valence-electron chi connectivity index (χ1n) is 6.41. The van der Waals surface area contributed by atoms with E-state index in [0.717, 1.165) is 0 Å². The van der Waals surface area contributed by atoms with Crippen LogP contribution in [0.4, 0.5) is 6.01 Å². The van der Waals surface area contributed by atoms with Crippen LogP contribution in [0.5, 0.6) is 0 Å². The van der Waals surface area contributed by atoms with E-state index in [4.69, 9.17) is 4.42 Å². The van der Waals surface area contributed by atoms with Crippen molar-refractivity contribution in [1.29, 1.82) is 0 Å². The van der Waals surface area contributed by atoms with Crippen LogP contribution >= 0.6 is 0 Å². The molecule has 1 aliphatic carbocycles. The Hall–Kier alpha value is -1.10. The van der Waals surface area contributed by atoms with Crippen molar-refractivity contribution in [3.05, 3.63) is 5.89 Å². The molecule has 1 fully saturated rings. The van der Waals surface area contributed by atoms with E-state index >= 15 is 0 Å². The number of nitrogens with one attached hydrogen (secondary N) is 2. The standard InChI is InChI=1S/C12H22N4O/c1-9(2)13-8-10-15-16-11(17-10)14-12(3)6-4-5-7-12/h9,13H,4-8H2,1-3H3,(H,14,16). The van der Waals surface area contributed by atoms with E-state index in [1.165, 1.54) is 25.7 Å². The smallest absolute Gasteiger partial charge is 0.315 e. The minimum Gasteiger partial charge on any atom is -0.407 e. The van der Waals surface area contributed by atoms with Crippen LogP contribution in [0.15, 0.2) is 4.42 Å². The van der Waals surface area contributed by atoms with Gasteiger partial charge in [0.05, 0.1) is 6.54 Å². The lowest BCUT2D eigenvalue weighted by molar-refractivity contribution is 0.439. The van der Waals surface area contributed by atoms with Crippen molar-refractivity contribution in [2.45, 2.75) is 64.6 Å². The van der Waals surface area contributed by atoms with Gasteiger partial charge >= 0.3 is 6.01 Å². The summed E-state index contributed by atoms with van der Waals surface area (Å²) in [5, 5.41) is 14.7. The average Bonchev–Trinajstić information content (AvgIpc) is 2.85. The average molecular weight is 238 g/mol. The number of nitrogens with zero attached hydrogens (tertiary/aromatic N) is 2. The maximum atomic E-state index is 5.57. The third kappa shape index (κ3) is 3.43. The summed E-state index contributed by atoms with van der Waals surface area (Å²) in [5.41, 5.74) is 0.134. The van der Waals surface area contributed by atoms with Crippen molar-refractivity contribution in [1.82, 2.24) is 15.5 Å². The minimum absolute atomic E-state index is 0.134. The van der Waals surface area contributed by atoms with Gasteiger partial charge in [-0.05, 0) is 19.8 Å². The first-order valence-corrected chi connectivity index (χ1v) is 6.41. The normalized spacial score (nSPS) is 18.8. The molecule has 0 aromatic carbocycles. The number of hydrogen-bond donors (Lipinski definition) is 2. The fourth-order valence-electron chi connectivity index (χ4n) is 2.21. The van der Waals surface area contributed by atoms with Gasteiger partial charge in [-0.3, -0.25) is 0 Å². The van der Waals surface area contributed by atoms with Gasteiger partial charge in [-0.15, -0.1) is 5.10 Å². The van der Waals surface area contributed by atoms with Crippen LogP contribution in [0.1, 0.15) is 52.3 Å². The zero-order valence-electron chi connectivity index (χ0n) is 10.9. The largest absolute Gasteiger partial charge is 0.407 e. The van der Waals surface area contributed by atoms with Gasteiger partial charge in [0.25, 0.3) is 0 Å². The molecule has 0 saturated heterocycles. The number of rotatable bonds is 5. The lowest BCUT2D eigenvalue weighted by atomic mass is 10.0. The van der Waals surface area contributed by atoms with Gasteiger partial charge in [0.1, 0.15) is 0 Å². The molecule has 5 heteroatoms. The van der Waals surface area contributed by atoms with E-state index in [0.29, 0.717) is 24.5 Å². The molecule has 1 aliphatic rings. The molecule has 0 spiro atoms. The van der Waals surface area contributed by atoms with Crippen molar-refractivity contribution in [2.75, 3.05) is 5.32 Å². The third-order valence-corrected chi connectivity index (χ3v) is 3.24. The molecular formula is C12H22N4O. The highest BCUT2D eigenvalue weighted by atomic mass is 16.4. The van der Waals surface area contributed by atoms with Gasteiger partial charge in [-0.1, -0.05) is 31.8 Å². The SMILES string of the molecule is CC(C)NCc1nnc(NC2(C)CCCC2)o1. The van der Waals surface area contributed by atoms with Gasteiger partial charge < -0.3 is 15.1 Å². The molecule has 1 aromatic rings. The summed E-state index contributed by atoms with van der Waals surface area (Å²) in [5.74, 6) is 0.641. The zero-order chi connectivity index (χ0) is 12.3. The van der Waals surface area contributed by atoms with E-state index in [1.54, 1.807) is 0 Å². The Morgan fingerprint density at radius 3 is 2.65 bits per heavy atom. The first kappa shape index (κ1) is 12.4. The molecule has 1 heterocycles. The van der Waals surface area contributed by atoms with E-state index in [1.807, 2.05) is 0 Å². The number of aromatic nitrogens is 2. The van der Waals surface area contributed by atoms with Crippen LogP contribution in [-0.4, -0.2) is 21.8 Å². The maximum absolute atomic E-state index is 5.57. The van der Waals surface area contributed by atoms with Crippen LogP contribution < -0.4 is 10.6 Å². The zero-order valence-corrected chi connectivity index (χ0v) is 10.9. The summed E-state index contributed by atoms with van der Waals surface area (Å²) in [7, 11) is 0. The number of hydrogen-bond acceptors (Lipinski definition) is 5. The van der Waals surface area contributed by atoms with Crippen molar-refractivity contribution in [3.8, 4) is 0 Å².